The molecule has 0 radical (unpaired) electrons. The van der Waals surface area contributed by atoms with E-state index in [1.165, 1.54) is 6.42 Å². The van der Waals surface area contributed by atoms with Gasteiger partial charge in [-0.1, -0.05) is 19.3 Å². The van der Waals surface area contributed by atoms with Crippen molar-refractivity contribution in [1.29, 1.82) is 0 Å². The van der Waals surface area contributed by atoms with Crippen LogP contribution in [0.5, 0.6) is 0 Å². The highest BCUT2D eigenvalue weighted by atomic mass is 16.7. The molecule has 0 aromatic carbocycles. The van der Waals surface area contributed by atoms with Crippen LogP contribution >= 0.6 is 0 Å². The molecule has 4 heteroatoms. The molecule has 86 valence electrons. The Morgan fingerprint density at radius 2 is 1.80 bits per heavy atom. The molecular weight excluding hydrogens is 196 g/mol. The van der Waals surface area contributed by atoms with Crippen LogP contribution in [0.25, 0.3) is 0 Å². The fourth-order valence-electron chi connectivity index (χ4n) is 2.11. The minimum Gasteiger partial charge on any atom is -0.460 e. The third kappa shape index (κ3) is 3.18. The van der Waals surface area contributed by atoms with Crippen molar-refractivity contribution in [2.75, 3.05) is 19.8 Å². The zero-order valence-electron chi connectivity index (χ0n) is 8.94. The molecule has 4 nitrogen and oxygen atoms in total. The molecule has 0 atom stereocenters. The lowest BCUT2D eigenvalue weighted by Gasteiger charge is -2.20. The van der Waals surface area contributed by atoms with Crippen molar-refractivity contribution < 1.29 is 19.0 Å². The van der Waals surface area contributed by atoms with Gasteiger partial charge in [0.2, 0.25) is 0 Å². The quantitative estimate of drug-likeness (QED) is 0.667. The molecule has 0 amide bonds. The molecule has 0 bridgehead atoms. The van der Waals surface area contributed by atoms with E-state index in [0.29, 0.717) is 13.2 Å². The molecular formula is C11H18O4. The molecule has 1 aliphatic carbocycles. The number of esters is 1. The maximum absolute atomic E-state index is 11.6. The zero-order valence-corrected chi connectivity index (χ0v) is 8.94. The third-order valence-electron chi connectivity index (χ3n) is 2.99. The van der Waals surface area contributed by atoms with Crippen molar-refractivity contribution in [3.63, 3.8) is 0 Å². The molecule has 15 heavy (non-hydrogen) atoms. The first-order valence-electron chi connectivity index (χ1n) is 5.76. The van der Waals surface area contributed by atoms with Gasteiger partial charge in [-0.3, -0.25) is 4.79 Å². The molecule has 1 aliphatic heterocycles. The zero-order chi connectivity index (χ0) is 10.5. The smallest absolute Gasteiger partial charge is 0.309 e. The number of hydrogen-bond acceptors (Lipinski definition) is 4. The van der Waals surface area contributed by atoms with Gasteiger partial charge >= 0.3 is 5.97 Å². The second kappa shape index (κ2) is 5.47. The Kier molecular flexibility index (Phi) is 3.97. The summed E-state index contributed by atoms with van der Waals surface area (Å²) in [6.45, 7) is 1.45. The summed E-state index contributed by atoms with van der Waals surface area (Å²) in [5, 5.41) is 0. The summed E-state index contributed by atoms with van der Waals surface area (Å²) in [6, 6.07) is 0. The van der Waals surface area contributed by atoms with Crippen LogP contribution in [0.3, 0.4) is 0 Å². The summed E-state index contributed by atoms with van der Waals surface area (Å²) < 4.78 is 15.6. The van der Waals surface area contributed by atoms with Crippen molar-refractivity contribution in [3.8, 4) is 0 Å². The Hall–Kier alpha value is -0.610. The normalized spacial score (nSPS) is 24.3. The first-order valence-corrected chi connectivity index (χ1v) is 5.76. The van der Waals surface area contributed by atoms with Crippen LogP contribution in [0.2, 0.25) is 0 Å². The summed E-state index contributed by atoms with van der Waals surface area (Å²) >= 11 is 0. The standard InChI is InChI=1S/C11H18O4/c12-11(9-4-2-1-3-5-9)15-8-10-13-6-7-14-10/h9-10H,1-8H2. The van der Waals surface area contributed by atoms with Gasteiger partial charge in [-0.15, -0.1) is 0 Å². The second-order valence-corrected chi connectivity index (χ2v) is 4.14. The maximum atomic E-state index is 11.6. The molecule has 2 fully saturated rings. The van der Waals surface area contributed by atoms with Gasteiger partial charge in [0.1, 0.15) is 6.61 Å². The van der Waals surface area contributed by atoms with Gasteiger partial charge in [-0.05, 0) is 12.8 Å². The van der Waals surface area contributed by atoms with Crippen molar-refractivity contribution in [1.82, 2.24) is 0 Å². The monoisotopic (exact) mass is 214 g/mol. The highest BCUT2D eigenvalue weighted by Gasteiger charge is 2.24. The Morgan fingerprint density at radius 3 is 2.47 bits per heavy atom. The molecule has 0 spiro atoms. The minimum atomic E-state index is -0.336. The van der Waals surface area contributed by atoms with E-state index in [-0.39, 0.29) is 24.8 Å². The average Bonchev–Trinajstić information content (AvgIpc) is 2.80. The molecule has 0 aromatic rings. The van der Waals surface area contributed by atoms with Gasteiger partial charge in [0, 0.05) is 0 Å². The lowest BCUT2D eigenvalue weighted by atomic mass is 9.89. The number of hydrogen-bond donors (Lipinski definition) is 0. The lowest BCUT2D eigenvalue weighted by Crippen LogP contribution is -2.25. The number of ether oxygens (including phenoxy) is 3. The van der Waals surface area contributed by atoms with Gasteiger partial charge < -0.3 is 14.2 Å². The van der Waals surface area contributed by atoms with Gasteiger partial charge in [0.25, 0.3) is 0 Å². The number of rotatable bonds is 3. The Balaban J connectivity index is 1.66. The van der Waals surface area contributed by atoms with E-state index in [1.54, 1.807) is 0 Å². The van der Waals surface area contributed by atoms with Gasteiger partial charge in [-0.25, -0.2) is 0 Å². The van der Waals surface area contributed by atoms with Crippen molar-refractivity contribution >= 4 is 5.97 Å². The largest absolute Gasteiger partial charge is 0.460 e. The molecule has 1 heterocycles. The van der Waals surface area contributed by atoms with Crippen LogP contribution in [0.1, 0.15) is 32.1 Å². The van der Waals surface area contributed by atoms with E-state index in [0.717, 1.165) is 25.7 Å². The van der Waals surface area contributed by atoms with Crippen LogP contribution in [0, 0.1) is 5.92 Å². The lowest BCUT2D eigenvalue weighted by molar-refractivity contribution is -0.161. The SMILES string of the molecule is O=C(OCC1OCCO1)C1CCCCC1. The van der Waals surface area contributed by atoms with E-state index < -0.39 is 0 Å². The Morgan fingerprint density at radius 1 is 1.13 bits per heavy atom. The molecule has 2 rings (SSSR count). The second-order valence-electron chi connectivity index (χ2n) is 4.14. The first-order chi connectivity index (χ1) is 7.36. The summed E-state index contributed by atoms with van der Waals surface area (Å²) in [5.74, 6) is 0.0361. The molecule has 0 aromatic heterocycles. The Labute approximate surface area is 89.9 Å². The highest BCUT2D eigenvalue weighted by molar-refractivity contribution is 5.72. The van der Waals surface area contributed by atoms with E-state index in [1.807, 2.05) is 0 Å². The minimum absolute atomic E-state index is 0.0752. The van der Waals surface area contributed by atoms with Crippen LogP contribution in [-0.4, -0.2) is 32.1 Å². The first kappa shape index (κ1) is 10.9. The number of carbonyl (C=O) groups excluding carboxylic acids is 1. The summed E-state index contributed by atoms with van der Waals surface area (Å²) in [7, 11) is 0. The van der Waals surface area contributed by atoms with Crippen LogP contribution in [-0.2, 0) is 19.0 Å². The molecule has 2 aliphatic rings. The van der Waals surface area contributed by atoms with Crippen LogP contribution in [0.15, 0.2) is 0 Å². The molecule has 1 saturated carbocycles. The van der Waals surface area contributed by atoms with Crippen molar-refractivity contribution in [3.05, 3.63) is 0 Å². The Bertz CT molecular complexity index is 205. The average molecular weight is 214 g/mol. The van der Waals surface area contributed by atoms with Gasteiger partial charge in [0.05, 0.1) is 19.1 Å². The predicted molar refractivity (Wildman–Crippen MR) is 53.2 cm³/mol. The topological polar surface area (TPSA) is 44.8 Å². The fourth-order valence-corrected chi connectivity index (χ4v) is 2.11. The maximum Gasteiger partial charge on any atom is 0.309 e. The van der Waals surface area contributed by atoms with E-state index in [2.05, 4.69) is 0 Å². The van der Waals surface area contributed by atoms with E-state index in [4.69, 9.17) is 14.2 Å². The van der Waals surface area contributed by atoms with Crippen molar-refractivity contribution in [2.24, 2.45) is 5.92 Å². The van der Waals surface area contributed by atoms with Crippen LogP contribution in [0.4, 0.5) is 0 Å². The van der Waals surface area contributed by atoms with Gasteiger partial charge in [0.15, 0.2) is 6.29 Å². The predicted octanol–water partition coefficient (Wildman–Crippen LogP) is 1.48. The fraction of sp³-hybridized carbons (Fsp3) is 0.909. The third-order valence-corrected chi connectivity index (χ3v) is 2.99. The van der Waals surface area contributed by atoms with Crippen molar-refractivity contribution in [2.45, 2.75) is 38.4 Å². The summed E-state index contributed by atoms with van der Waals surface area (Å²) in [5.41, 5.74) is 0. The van der Waals surface area contributed by atoms with E-state index >= 15 is 0 Å². The molecule has 1 saturated heterocycles. The number of carbonyl (C=O) groups is 1. The molecule has 0 unspecified atom stereocenters. The van der Waals surface area contributed by atoms with Crippen LogP contribution < -0.4 is 0 Å². The van der Waals surface area contributed by atoms with Gasteiger partial charge in [-0.2, -0.15) is 0 Å². The highest BCUT2D eigenvalue weighted by Crippen LogP contribution is 2.24. The van der Waals surface area contributed by atoms with E-state index in [9.17, 15) is 4.79 Å². The molecule has 0 N–H and O–H groups in total. The summed E-state index contributed by atoms with van der Waals surface area (Å²) in [6.07, 6.45) is 5.17. The summed E-state index contributed by atoms with van der Waals surface area (Å²) in [4.78, 5) is 11.6.